The molecule has 0 spiro atoms. The van der Waals surface area contributed by atoms with Crippen molar-refractivity contribution in [1.82, 2.24) is 9.97 Å². The fourth-order valence-electron chi connectivity index (χ4n) is 8.24. The standard InChI is InChI=1S/C57H42N5S.Pt/c1-57(2,3)41-30-33-59-55(34-41)62-51-31-32-58-37-50(51)48-23-11-10-22-47(48)49-29-28-44(36-54(49)62)63-43-21-14-20-42(35-43)60-38-61(53-27-13-12-26-52(53)60)56-45(39-16-6-4-7-17-39)24-15-25-46(56)40-18-8-5-9-19-40;/h4-34,37-38H,1-3H3;/q-3;/i4D,5D,6D,7D,8D,9D,16D,17D,18D,19D;. The molecule has 2 aromatic heterocycles. The average Bonchev–Trinajstić information content (AvgIpc) is 3.73. The summed E-state index contributed by atoms with van der Waals surface area (Å²) in [7, 11) is 0. The summed E-state index contributed by atoms with van der Waals surface area (Å²) in [6.45, 7) is 8.34. The fraction of sp³-hybridized carbons (Fsp3) is 0.0702. The van der Waals surface area contributed by atoms with Crippen molar-refractivity contribution in [2.45, 2.75) is 36.0 Å². The molecule has 0 atom stereocenters. The molecule has 0 radical (unpaired) electrons. The number of anilines is 7. The summed E-state index contributed by atoms with van der Waals surface area (Å²) in [5.74, 6) is 0.747. The summed E-state index contributed by atoms with van der Waals surface area (Å²) in [6.07, 6.45) is 5.55. The predicted octanol–water partition coefficient (Wildman–Crippen LogP) is 15.4. The van der Waals surface area contributed by atoms with Gasteiger partial charge in [-0.05, 0) is 58.0 Å². The third-order valence-electron chi connectivity index (χ3n) is 11.2. The molecule has 7 aromatic carbocycles. The largest absolute Gasteiger partial charge is 0.493 e. The first-order chi connectivity index (χ1) is 35.0. The summed E-state index contributed by atoms with van der Waals surface area (Å²) in [5, 5.41) is 0. The Balaban J connectivity index is 0.00000626. The van der Waals surface area contributed by atoms with E-state index in [1.54, 1.807) is 36.0 Å². The zero-order valence-electron chi connectivity index (χ0n) is 44.7. The van der Waals surface area contributed by atoms with Gasteiger partial charge in [-0.2, -0.15) is 24.3 Å². The van der Waals surface area contributed by atoms with E-state index in [0.29, 0.717) is 17.1 Å². The maximum atomic E-state index is 9.05. The Kier molecular flexibility index (Phi) is 8.33. The van der Waals surface area contributed by atoms with Crippen LogP contribution in [0, 0.1) is 18.8 Å². The number of nitrogens with zero attached hydrogens (tertiary/aromatic N) is 5. The molecule has 0 fully saturated rings. The van der Waals surface area contributed by atoms with Crippen molar-refractivity contribution >= 4 is 51.7 Å². The third kappa shape index (κ3) is 7.51. The molecule has 2 aliphatic rings. The molecule has 0 saturated carbocycles. The van der Waals surface area contributed by atoms with E-state index in [2.05, 4.69) is 79.2 Å². The van der Waals surface area contributed by atoms with Crippen LogP contribution in [0.1, 0.15) is 40.0 Å². The van der Waals surface area contributed by atoms with Crippen molar-refractivity contribution in [3.63, 3.8) is 0 Å². The van der Waals surface area contributed by atoms with Crippen LogP contribution in [0.15, 0.2) is 204 Å². The summed E-state index contributed by atoms with van der Waals surface area (Å²) < 4.78 is 87.3. The molecule has 4 heterocycles. The van der Waals surface area contributed by atoms with E-state index < -0.39 is 60.4 Å². The Bertz CT molecular complexity index is 3610. The van der Waals surface area contributed by atoms with Gasteiger partial charge in [0.15, 0.2) is 0 Å². The zero-order valence-corrected chi connectivity index (χ0v) is 37.8. The summed E-state index contributed by atoms with van der Waals surface area (Å²) in [5.41, 5.74) is 9.13. The quantitative estimate of drug-likeness (QED) is 0.148. The second-order valence-corrected chi connectivity index (χ2v) is 17.1. The van der Waals surface area contributed by atoms with Crippen molar-refractivity contribution < 1.29 is 34.8 Å². The van der Waals surface area contributed by atoms with Gasteiger partial charge in [-0.25, -0.2) is 4.98 Å². The van der Waals surface area contributed by atoms with E-state index in [4.69, 9.17) is 18.7 Å². The van der Waals surface area contributed by atoms with E-state index in [-0.39, 0.29) is 54.4 Å². The molecule has 11 rings (SSSR count). The smallest absolute Gasteiger partial charge is 0.135 e. The van der Waals surface area contributed by atoms with Crippen LogP contribution in [0.25, 0.3) is 44.5 Å². The molecule has 314 valence electrons. The van der Waals surface area contributed by atoms with Gasteiger partial charge in [0.05, 0.1) is 19.4 Å². The van der Waals surface area contributed by atoms with Crippen LogP contribution in [-0.2, 0) is 26.5 Å². The van der Waals surface area contributed by atoms with Gasteiger partial charge >= 0.3 is 0 Å². The van der Waals surface area contributed by atoms with Gasteiger partial charge in [-0.3, -0.25) is 4.98 Å². The molecule has 0 aliphatic carbocycles. The van der Waals surface area contributed by atoms with Gasteiger partial charge in [0.2, 0.25) is 0 Å². The zero-order chi connectivity index (χ0) is 51.2. The van der Waals surface area contributed by atoms with E-state index >= 15 is 0 Å². The van der Waals surface area contributed by atoms with Crippen molar-refractivity contribution in [2.75, 3.05) is 14.7 Å². The second kappa shape index (κ2) is 17.1. The summed E-state index contributed by atoms with van der Waals surface area (Å²) in [4.78, 5) is 17.0. The number of aromatic nitrogens is 2. The molecular formula is C57H42N5PtS-3. The first-order valence-corrected chi connectivity index (χ1v) is 21.2. The van der Waals surface area contributed by atoms with Crippen molar-refractivity contribution in [2.24, 2.45) is 0 Å². The molecule has 7 heteroatoms. The second-order valence-electron chi connectivity index (χ2n) is 16.1. The third-order valence-corrected chi connectivity index (χ3v) is 12.1. The maximum absolute atomic E-state index is 9.05. The SMILES string of the molecule is [2H]c1c([2H])c([2H])c(-c2cccc(-c3c([2H])c([2H])c([2H])c([2H])c3[2H])c2N2[CH-]N(c3[c-]c(Sc4[c-]c5c(cc4)-c4ccccc4-c4cnccc4N5c4cc(C(C)(C)C)ccn4)ccc3)c3ccccc32)c([2H])c1[2H].[Pt]. The topological polar surface area (TPSA) is 35.5 Å². The van der Waals surface area contributed by atoms with Crippen LogP contribution in [0.3, 0.4) is 0 Å². The predicted molar refractivity (Wildman–Crippen MR) is 260 cm³/mol. The molecular weight excluding hydrogens is 982 g/mol. The van der Waals surface area contributed by atoms with Crippen LogP contribution < -0.4 is 14.7 Å². The van der Waals surface area contributed by atoms with Crippen molar-refractivity contribution in [1.29, 1.82) is 0 Å². The van der Waals surface area contributed by atoms with Crippen LogP contribution in [-0.4, -0.2) is 9.97 Å². The number of hydrogen-bond acceptors (Lipinski definition) is 6. The Labute approximate surface area is 408 Å². The van der Waals surface area contributed by atoms with Gasteiger partial charge in [0.1, 0.15) is 5.82 Å². The van der Waals surface area contributed by atoms with Gasteiger partial charge in [0, 0.05) is 73.4 Å². The fourth-order valence-corrected chi connectivity index (χ4v) is 9.06. The van der Waals surface area contributed by atoms with Crippen LogP contribution in [0.4, 0.5) is 39.9 Å². The molecule has 0 unspecified atom stereocenters. The van der Waals surface area contributed by atoms with Gasteiger partial charge in [0.25, 0.3) is 0 Å². The number of fused-ring (bicyclic) bond motifs is 6. The molecule has 0 bridgehead atoms. The van der Waals surface area contributed by atoms with Crippen LogP contribution in [0.2, 0.25) is 0 Å². The Morgan fingerprint density at radius 2 is 1.20 bits per heavy atom. The normalized spacial score (nSPS) is 14.9. The van der Waals surface area contributed by atoms with Crippen molar-refractivity contribution in [3.8, 4) is 44.5 Å². The Morgan fingerprint density at radius 1 is 0.578 bits per heavy atom. The number of pyridine rings is 2. The number of para-hydroxylation sites is 3. The Morgan fingerprint density at radius 3 is 1.91 bits per heavy atom. The number of benzene rings is 7. The molecule has 64 heavy (non-hydrogen) atoms. The van der Waals surface area contributed by atoms with Gasteiger partial charge in [-0.15, -0.1) is 57.7 Å². The van der Waals surface area contributed by atoms with E-state index in [0.717, 1.165) is 54.8 Å². The number of hydrogen-bond donors (Lipinski definition) is 0. The van der Waals surface area contributed by atoms with Gasteiger partial charge < -0.3 is 14.7 Å². The van der Waals surface area contributed by atoms with E-state index in [1.807, 2.05) is 78.0 Å². The first-order valence-electron chi connectivity index (χ1n) is 25.4. The maximum Gasteiger partial charge on any atom is 0.135 e. The van der Waals surface area contributed by atoms with E-state index in [9.17, 15) is 0 Å². The van der Waals surface area contributed by atoms with Crippen LogP contribution >= 0.6 is 11.8 Å². The van der Waals surface area contributed by atoms with Crippen LogP contribution in [0.5, 0.6) is 0 Å². The molecule has 5 nitrogen and oxygen atoms in total. The van der Waals surface area contributed by atoms with E-state index in [1.165, 1.54) is 11.8 Å². The molecule has 0 amide bonds. The van der Waals surface area contributed by atoms with Gasteiger partial charge in [-0.1, -0.05) is 147 Å². The minimum atomic E-state index is -0.559. The molecule has 2 aliphatic heterocycles. The molecule has 0 N–H and O–H groups in total. The number of rotatable bonds is 7. The minimum absolute atomic E-state index is 0. The minimum Gasteiger partial charge on any atom is -0.493 e. The Hall–Kier alpha value is -6.72. The van der Waals surface area contributed by atoms with Crippen molar-refractivity contribution in [3.05, 3.63) is 219 Å². The molecule has 9 aromatic rings. The summed E-state index contributed by atoms with van der Waals surface area (Å²) in [6, 6.07) is 39.2. The monoisotopic (exact) mass is 1030 g/mol. The summed E-state index contributed by atoms with van der Waals surface area (Å²) >= 11 is 1.49. The molecule has 0 saturated heterocycles. The first kappa shape index (κ1) is 31.2. The average molecular weight is 1030 g/mol.